The molecule has 0 aliphatic rings. The lowest BCUT2D eigenvalue weighted by atomic mass is 10.0. The average molecular weight is 567 g/mol. The van der Waals surface area contributed by atoms with Crippen LogP contribution in [0.2, 0.25) is 5.02 Å². The highest BCUT2D eigenvalue weighted by Crippen LogP contribution is 2.39. The Morgan fingerprint density at radius 2 is 1.21 bits per heavy atom. The van der Waals surface area contributed by atoms with Crippen LogP contribution in [0.4, 0.5) is 0 Å². The first kappa shape index (κ1) is 33.6. The molecule has 0 amide bonds. The average Bonchev–Trinajstić information content (AvgIpc) is 2.94. The lowest BCUT2D eigenvalue weighted by Crippen LogP contribution is -2.25. The van der Waals surface area contributed by atoms with Gasteiger partial charge < -0.3 is 29.2 Å². The van der Waals surface area contributed by atoms with Gasteiger partial charge in [-0.1, -0.05) is 102 Å². The van der Waals surface area contributed by atoms with Gasteiger partial charge in [-0.05, 0) is 24.7 Å². The molecule has 4 unspecified atom stereocenters. The molecule has 0 bridgehead atoms. The highest BCUT2D eigenvalue weighted by molar-refractivity contribution is 6.33. The Morgan fingerprint density at radius 3 is 1.72 bits per heavy atom. The fourth-order valence-electron chi connectivity index (χ4n) is 4.55. The SMILES string of the molecule is CCCCC(CC)COCC(O)COc1cc(Cl)c(OCC(O)COCC(CC)CCCC)c2ccccc12. The van der Waals surface area contributed by atoms with Crippen LogP contribution in [0.15, 0.2) is 30.3 Å². The number of unbranched alkanes of at least 4 members (excludes halogenated alkanes) is 2. The van der Waals surface area contributed by atoms with Gasteiger partial charge in [0.1, 0.15) is 36.9 Å². The van der Waals surface area contributed by atoms with Crippen molar-refractivity contribution < 1.29 is 29.2 Å². The number of hydrogen-bond donors (Lipinski definition) is 2. The van der Waals surface area contributed by atoms with Crippen molar-refractivity contribution in [3.8, 4) is 11.5 Å². The summed E-state index contributed by atoms with van der Waals surface area (Å²) in [4.78, 5) is 0. The van der Waals surface area contributed by atoms with E-state index in [0.717, 1.165) is 36.5 Å². The highest BCUT2D eigenvalue weighted by Gasteiger charge is 2.17. The molecule has 0 aliphatic heterocycles. The van der Waals surface area contributed by atoms with E-state index in [1.165, 1.54) is 25.7 Å². The molecular formula is C32H51ClO6. The molecule has 222 valence electrons. The van der Waals surface area contributed by atoms with Gasteiger partial charge in [-0.2, -0.15) is 0 Å². The number of halogens is 1. The fraction of sp³-hybridized carbons (Fsp3) is 0.688. The molecule has 0 radical (unpaired) electrons. The van der Waals surface area contributed by atoms with Gasteiger partial charge in [0.05, 0.1) is 18.2 Å². The van der Waals surface area contributed by atoms with Crippen LogP contribution >= 0.6 is 11.6 Å². The van der Waals surface area contributed by atoms with Gasteiger partial charge in [-0.25, -0.2) is 0 Å². The van der Waals surface area contributed by atoms with Gasteiger partial charge in [-0.15, -0.1) is 0 Å². The molecule has 6 nitrogen and oxygen atoms in total. The van der Waals surface area contributed by atoms with Crippen LogP contribution in [0.25, 0.3) is 10.8 Å². The Morgan fingerprint density at radius 1 is 0.692 bits per heavy atom. The Hall–Kier alpha value is -1.57. The van der Waals surface area contributed by atoms with Crippen LogP contribution in [0.5, 0.6) is 11.5 Å². The van der Waals surface area contributed by atoms with Crippen molar-refractivity contribution in [3.63, 3.8) is 0 Å². The van der Waals surface area contributed by atoms with Crippen molar-refractivity contribution in [1.82, 2.24) is 0 Å². The molecule has 0 aromatic heterocycles. The lowest BCUT2D eigenvalue weighted by molar-refractivity contribution is -0.00129. The Balaban J connectivity index is 1.90. The van der Waals surface area contributed by atoms with E-state index in [1.807, 2.05) is 24.3 Å². The first-order valence-electron chi connectivity index (χ1n) is 14.9. The maximum absolute atomic E-state index is 10.4. The second-order valence-corrected chi connectivity index (χ2v) is 11.0. The summed E-state index contributed by atoms with van der Waals surface area (Å²) >= 11 is 6.59. The molecule has 0 heterocycles. The zero-order valence-electron chi connectivity index (χ0n) is 24.5. The first-order chi connectivity index (χ1) is 18.9. The van der Waals surface area contributed by atoms with Crippen LogP contribution in [-0.4, -0.2) is 62.1 Å². The second-order valence-electron chi connectivity index (χ2n) is 10.6. The fourth-order valence-corrected chi connectivity index (χ4v) is 4.80. The molecule has 0 aliphatic carbocycles. The zero-order chi connectivity index (χ0) is 28.5. The summed E-state index contributed by atoms with van der Waals surface area (Å²) in [5.41, 5.74) is 0. The number of fused-ring (bicyclic) bond motifs is 1. The van der Waals surface area contributed by atoms with E-state index in [2.05, 4.69) is 27.7 Å². The van der Waals surface area contributed by atoms with Gasteiger partial charge in [0, 0.05) is 30.1 Å². The lowest BCUT2D eigenvalue weighted by Gasteiger charge is -2.20. The Labute approximate surface area is 240 Å². The van der Waals surface area contributed by atoms with Gasteiger partial charge >= 0.3 is 0 Å². The summed E-state index contributed by atoms with van der Waals surface area (Å²) in [6, 6.07) is 9.36. The number of aliphatic hydroxyl groups is 2. The predicted molar refractivity (Wildman–Crippen MR) is 160 cm³/mol. The minimum atomic E-state index is -0.760. The van der Waals surface area contributed by atoms with Crippen molar-refractivity contribution in [2.24, 2.45) is 11.8 Å². The largest absolute Gasteiger partial charge is 0.490 e. The molecule has 7 heteroatoms. The summed E-state index contributed by atoms with van der Waals surface area (Å²) in [6.45, 7) is 10.7. The van der Waals surface area contributed by atoms with Crippen molar-refractivity contribution >= 4 is 22.4 Å². The highest BCUT2D eigenvalue weighted by atomic mass is 35.5. The van der Waals surface area contributed by atoms with E-state index >= 15 is 0 Å². The Bertz CT molecular complexity index is 923. The van der Waals surface area contributed by atoms with Crippen molar-refractivity contribution in [1.29, 1.82) is 0 Å². The summed E-state index contributed by atoms with van der Waals surface area (Å²) in [6.07, 6.45) is 7.71. The number of aliphatic hydroxyl groups excluding tert-OH is 2. The molecular weight excluding hydrogens is 516 g/mol. The molecule has 2 aromatic carbocycles. The van der Waals surface area contributed by atoms with Gasteiger partial charge in [0.15, 0.2) is 0 Å². The van der Waals surface area contributed by atoms with E-state index in [0.29, 0.717) is 41.6 Å². The summed E-state index contributed by atoms with van der Waals surface area (Å²) < 4.78 is 23.5. The molecule has 4 atom stereocenters. The number of rotatable bonds is 22. The molecule has 0 saturated carbocycles. The topological polar surface area (TPSA) is 77.4 Å². The van der Waals surface area contributed by atoms with Gasteiger partial charge in [-0.3, -0.25) is 0 Å². The standard InChI is InChI=1S/C32H51ClO6/c1-5-9-13-24(7-3)18-36-20-26(34)22-38-31-17-30(33)32(29-16-12-11-15-28(29)31)39-23-27(35)21-37-19-25(8-4)14-10-6-2/h11-12,15-17,24-27,34-35H,5-10,13-14,18-23H2,1-4H3. The number of ether oxygens (including phenoxy) is 4. The third-order valence-corrected chi connectivity index (χ3v) is 7.46. The van der Waals surface area contributed by atoms with E-state index in [9.17, 15) is 10.2 Å². The quantitative estimate of drug-likeness (QED) is 0.154. The molecule has 0 spiro atoms. The second kappa shape index (κ2) is 19.5. The third-order valence-electron chi connectivity index (χ3n) is 7.18. The van der Waals surface area contributed by atoms with E-state index in [-0.39, 0.29) is 26.4 Å². The molecule has 2 N–H and O–H groups in total. The normalized spacial score (nSPS) is 14.7. The summed E-state index contributed by atoms with van der Waals surface area (Å²) in [7, 11) is 0. The minimum absolute atomic E-state index is 0.0722. The van der Waals surface area contributed by atoms with E-state index in [4.69, 9.17) is 30.5 Å². The third kappa shape index (κ3) is 12.2. The van der Waals surface area contributed by atoms with Gasteiger partial charge in [0.2, 0.25) is 0 Å². The molecule has 0 saturated heterocycles. The summed E-state index contributed by atoms with van der Waals surface area (Å²) in [5.74, 6) is 2.11. The zero-order valence-corrected chi connectivity index (χ0v) is 25.3. The minimum Gasteiger partial charge on any atom is -0.490 e. The van der Waals surface area contributed by atoms with Crippen molar-refractivity contribution in [2.45, 2.75) is 91.3 Å². The van der Waals surface area contributed by atoms with Crippen LogP contribution in [0.1, 0.15) is 79.1 Å². The first-order valence-corrected chi connectivity index (χ1v) is 15.3. The van der Waals surface area contributed by atoms with Crippen LogP contribution in [-0.2, 0) is 9.47 Å². The molecule has 0 fully saturated rings. The maximum atomic E-state index is 10.4. The Kier molecular flexibility index (Phi) is 16.8. The molecule has 2 aromatic rings. The van der Waals surface area contributed by atoms with Gasteiger partial charge in [0.25, 0.3) is 0 Å². The maximum Gasteiger partial charge on any atom is 0.146 e. The van der Waals surface area contributed by atoms with Crippen LogP contribution in [0.3, 0.4) is 0 Å². The monoisotopic (exact) mass is 566 g/mol. The number of benzene rings is 2. The van der Waals surface area contributed by atoms with Crippen LogP contribution in [0, 0.1) is 11.8 Å². The smallest absolute Gasteiger partial charge is 0.146 e. The predicted octanol–water partition coefficient (Wildman–Crippen LogP) is 7.44. The van der Waals surface area contributed by atoms with E-state index < -0.39 is 12.2 Å². The number of hydrogen-bond acceptors (Lipinski definition) is 6. The van der Waals surface area contributed by atoms with Crippen molar-refractivity contribution in [2.75, 3.05) is 39.6 Å². The van der Waals surface area contributed by atoms with Crippen LogP contribution < -0.4 is 9.47 Å². The molecule has 39 heavy (non-hydrogen) atoms. The van der Waals surface area contributed by atoms with E-state index in [1.54, 1.807) is 6.07 Å². The molecule has 2 rings (SSSR count). The van der Waals surface area contributed by atoms with Crippen molar-refractivity contribution in [3.05, 3.63) is 35.4 Å². The summed E-state index contributed by atoms with van der Waals surface area (Å²) in [5, 5.41) is 22.9.